The zero-order valence-electron chi connectivity index (χ0n) is 15.4. The van der Waals surface area contributed by atoms with E-state index in [9.17, 15) is 9.92 Å². The molecule has 2 aromatic carbocycles. The van der Waals surface area contributed by atoms with Crippen molar-refractivity contribution in [2.24, 2.45) is 5.11 Å². The second-order valence-corrected chi connectivity index (χ2v) is 8.23. The van der Waals surface area contributed by atoms with Gasteiger partial charge >= 0.3 is 0 Å². The third kappa shape index (κ3) is 2.46. The Labute approximate surface area is 166 Å². The molecule has 3 heterocycles. The van der Waals surface area contributed by atoms with Gasteiger partial charge in [-0.1, -0.05) is 28.8 Å². The Bertz CT molecular complexity index is 1130. The molecule has 1 aromatic heterocycles. The minimum Gasteiger partial charge on any atom is -0.342 e. The number of azide groups is 1. The number of aromatic nitrogens is 1. The van der Waals surface area contributed by atoms with Crippen LogP contribution in [0.1, 0.15) is 29.3 Å². The Morgan fingerprint density at radius 3 is 2.79 bits per heavy atom. The summed E-state index contributed by atoms with van der Waals surface area (Å²) in [5.74, 6) is -0.297. The number of hydrogen-bond acceptors (Lipinski definition) is 2. The van der Waals surface area contributed by atoms with Crippen LogP contribution >= 0.6 is 11.6 Å². The van der Waals surface area contributed by atoms with Crippen molar-refractivity contribution in [1.29, 1.82) is 0 Å². The highest BCUT2D eigenvalue weighted by atomic mass is 35.5. The molecule has 0 saturated carbocycles. The van der Waals surface area contributed by atoms with Gasteiger partial charge in [0.05, 0.1) is 11.6 Å². The predicted molar refractivity (Wildman–Crippen MR) is 108 cm³/mol. The Morgan fingerprint density at radius 2 is 2.04 bits per heavy atom. The van der Waals surface area contributed by atoms with Gasteiger partial charge < -0.3 is 4.57 Å². The van der Waals surface area contributed by atoms with Gasteiger partial charge in [0.15, 0.2) is 0 Å². The Morgan fingerprint density at radius 1 is 1.25 bits per heavy atom. The van der Waals surface area contributed by atoms with E-state index in [1.165, 1.54) is 28.8 Å². The minimum atomic E-state index is -0.769. The van der Waals surface area contributed by atoms with E-state index in [0.717, 1.165) is 29.1 Å². The van der Waals surface area contributed by atoms with E-state index in [1.807, 2.05) is 18.2 Å². The monoisotopic (exact) mass is 395 g/mol. The molecule has 0 spiro atoms. The summed E-state index contributed by atoms with van der Waals surface area (Å²) in [6.07, 6.45) is 1.63. The summed E-state index contributed by atoms with van der Waals surface area (Å²) in [6, 6.07) is 12.4. The van der Waals surface area contributed by atoms with E-state index >= 15 is 0 Å². The van der Waals surface area contributed by atoms with E-state index in [0.29, 0.717) is 13.0 Å². The van der Waals surface area contributed by atoms with Crippen molar-refractivity contribution in [3.05, 3.63) is 80.6 Å². The van der Waals surface area contributed by atoms with Crippen LogP contribution in [0, 0.1) is 5.82 Å². The fourth-order valence-electron chi connectivity index (χ4n) is 4.97. The Hall–Kier alpha value is -2.53. The third-order valence-electron chi connectivity index (χ3n) is 6.31. The van der Waals surface area contributed by atoms with Crippen molar-refractivity contribution >= 4 is 22.5 Å². The zero-order valence-corrected chi connectivity index (χ0v) is 16.2. The van der Waals surface area contributed by atoms with Gasteiger partial charge in [-0.2, -0.15) is 0 Å². The highest BCUT2D eigenvalue weighted by molar-refractivity contribution is 6.31. The molecule has 5 rings (SSSR count). The number of halogens is 2. The number of nitrogens with zero attached hydrogens (tertiary/aromatic N) is 5. The largest absolute Gasteiger partial charge is 0.342 e. The molecule has 0 amide bonds. The van der Waals surface area contributed by atoms with E-state index < -0.39 is 5.54 Å². The van der Waals surface area contributed by atoms with E-state index in [2.05, 4.69) is 26.5 Å². The van der Waals surface area contributed by atoms with Crippen molar-refractivity contribution in [3.8, 4) is 0 Å². The number of hydrogen-bond donors (Lipinski definition) is 0. The van der Waals surface area contributed by atoms with Gasteiger partial charge in [-0.25, -0.2) is 4.39 Å². The van der Waals surface area contributed by atoms with Gasteiger partial charge in [-0.15, -0.1) is 0 Å². The van der Waals surface area contributed by atoms with Crippen LogP contribution in [0.5, 0.6) is 0 Å². The Kier molecular flexibility index (Phi) is 3.91. The van der Waals surface area contributed by atoms with Gasteiger partial charge in [0.1, 0.15) is 5.82 Å². The molecule has 2 aliphatic rings. The summed E-state index contributed by atoms with van der Waals surface area (Å²) in [4.78, 5) is 5.52. The number of fused-ring (bicyclic) bond motifs is 3. The minimum absolute atomic E-state index is 0.124. The Balaban J connectivity index is 1.78. The highest BCUT2D eigenvalue weighted by Gasteiger charge is 2.45. The molecule has 0 saturated heterocycles. The molecule has 142 valence electrons. The van der Waals surface area contributed by atoms with Crippen LogP contribution in [-0.2, 0) is 18.5 Å². The molecule has 0 radical (unpaired) electrons. The smallest absolute Gasteiger partial charge is 0.123 e. The fraction of sp³-hybridized carbons (Fsp3) is 0.333. The van der Waals surface area contributed by atoms with Crippen LogP contribution in [0.25, 0.3) is 21.3 Å². The van der Waals surface area contributed by atoms with Crippen molar-refractivity contribution in [2.45, 2.75) is 31.0 Å². The van der Waals surface area contributed by atoms with Crippen LogP contribution in [-0.4, -0.2) is 23.1 Å². The molecule has 2 atom stereocenters. The summed E-state index contributed by atoms with van der Waals surface area (Å²) in [7, 11) is 2.11. The lowest BCUT2D eigenvalue weighted by atomic mass is 9.78. The van der Waals surface area contributed by atoms with Crippen molar-refractivity contribution in [2.75, 3.05) is 13.6 Å². The fourth-order valence-corrected chi connectivity index (χ4v) is 5.14. The van der Waals surface area contributed by atoms with E-state index in [-0.39, 0.29) is 11.9 Å². The lowest BCUT2D eigenvalue weighted by Gasteiger charge is -2.45. The lowest BCUT2D eigenvalue weighted by molar-refractivity contribution is 0.139. The van der Waals surface area contributed by atoms with Gasteiger partial charge in [0.2, 0.25) is 0 Å². The van der Waals surface area contributed by atoms with Crippen LogP contribution in [0.15, 0.2) is 47.6 Å². The summed E-state index contributed by atoms with van der Waals surface area (Å²) in [6.45, 7) is 1.46. The normalized spacial score (nSPS) is 24.0. The molecule has 28 heavy (non-hydrogen) atoms. The molecule has 0 aliphatic carbocycles. The van der Waals surface area contributed by atoms with Crippen LogP contribution in [0.2, 0.25) is 5.02 Å². The first-order valence-electron chi connectivity index (χ1n) is 9.35. The second-order valence-electron chi connectivity index (χ2n) is 7.79. The molecule has 0 N–H and O–H groups in total. The SMILES string of the molecule is CN1CCc2c3n(c4ccc(Cl)cc24)CC(N=[N+]=[N-])(c2ccc(F)cc2)CC31. The molecular formula is C21H19ClFN5. The standard InChI is InChI=1S/C21H19ClFN5/c1-27-9-8-16-17-10-14(22)4-7-18(17)28-12-21(25-26-24,11-19(27)20(16)28)13-2-5-15(23)6-3-13/h2-7,10,19H,8-9,11-12H2,1H3. The molecule has 0 bridgehead atoms. The maximum Gasteiger partial charge on any atom is 0.123 e. The topological polar surface area (TPSA) is 56.9 Å². The maximum absolute atomic E-state index is 13.5. The van der Waals surface area contributed by atoms with Crippen LogP contribution < -0.4 is 0 Å². The lowest BCUT2D eigenvalue weighted by Crippen LogP contribution is -2.44. The quantitative estimate of drug-likeness (QED) is 0.318. The van der Waals surface area contributed by atoms with Gasteiger partial charge in [0, 0.05) is 39.6 Å². The first-order valence-corrected chi connectivity index (χ1v) is 9.73. The molecule has 5 nitrogen and oxygen atoms in total. The average molecular weight is 396 g/mol. The maximum atomic E-state index is 13.5. The van der Waals surface area contributed by atoms with Crippen molar-refractivity contribution in [1.82, 2.24) is 9.47 Å². The number of benzene rings is 2. The first-order chi connectivity index (χ1) is 13.5. The van der Waals surface area contributed by atoms with Crippen LogP contribution in [0.3, 0.4) is 0 Å². The second kappa shape index (κ2) is 6.24. The van der Waals surface area contributed by atoms with E-state index in [4.69, 9.17) is 11.6 Å². The predicted octanol–water partition coefficient (Wildman–Crippen LogP) is 5.57. The number of likely N-dealkylation sites (N-methyl/N-ethyl adjacent to an activating group) is 1. The average Bonchev–Trinajstić information content (AvgIpc) is 2.99. The van der Waals surface area contributed by atoms with Crippen molar-refractivity contribution < 1.29 is 4.39 Å². The van der Waals surface area contributed by atoms with Crippen LogP contribution in [0.4, 0.5) is 4.39 Å². The summed E-state index contributed by atoms with van der Waals surface area (Å²) >= 11 is 6.29. The van der Waals surface area contributed by atoms with Gasteiger partial charge in [-0.3, -0.25) is 4.90 Å². The first kappa shape index (κ1) is 17.6. The zero-order chi connectivity index (χ0) is 19.5. The highest BCUT2D eigenvalue weighted by Crippen LogP contribution is 2.49. The van der Waals surface area contributed by atoms with Crippen molar-refractivity contribution in [3.63, 3.8) is 0 Å². The molecule has 3 aromatic rings. The van der Waals surface area contributed by atoms with Gasteiger partial charge in [-0.05, 0) is 66.9 Å². The summed E-state index contributed by atoms with van der Waals surface area (Å²) in [5, 5.41) is 6.19. The molecule has 7 heteroatoms. The molecule has 2 aliphatic heterocycles. The van der Waals surface area contributed by atoms with E-state index in [1.54, 1.807) is 12.1 Å². The molecule has 2 unspecified atom stereocenters. The molecular weight excluding hydrogens is 377 g/mol. The molecule has 0 fully saturated rings. The van der Waals surface area contributed by atoms with Gasteiger partial charge in [0.25, 0.3) is 0 Å². The third-order valence-corrected chi connectivity index (χ3v) is 6.54. The summed E-state index contributed by atoms with van der Waals surface area (Å²) in [5.41, 5.74) is 13.2. The number of rotatable bonds is 2. The summed E-state index contributed by atoms with van der Waals surface area (Å²) < 4.78 is 15.8.